The highest BCUT2D eigenvalue weighted by atomic mass is 35.5. The lowest BCUT2D eigenvalue weighted by Crippen LogP contribution is -2.15. The largest absolute Gasteiger partial charge is 0.489 e. The summed E-state index contributed by atoms with van der Waals surface area (Å²) >= 11 is 6.08. The number of anilines is 1. The molecule has 2 aromatic carbocycles. The van der Waals surface area contributed by atoms with Crippen LogP contribution in [0.4, 0.5) is 10.1 Å². The van der Waals surface area contributed by atoms with Gasteiger partial charge in [0.2, 0.25) is 0 Å². The molecule has 0 saturated carbocycles. The van der Waals surface area contributed by atoms with Crippen molar-refractivity contribution in [2.75, 3.05) is 5.32 Å². The van der Waals surface area contributed by atoms with Crippen molar-refractivity contribution in [2.24, 2.45) is 0 Å². The summed E-state index contributed by atoms with van der Waals surface area (Å²) in [7, 11) is 0. The van der Waals surface area contributed by atoms with Crippen LogP contribution >= 0.6 is 11.6 Å². The molecule has 1 N–H and O–H groups in total. The van der Waals surface area contributed by atoms with Gasteiger partial charge in [-0.3, -0.25) is 9.48 Å². The molecule has 0 atom stereocenters. The number of hydrogen-bond acceptors (Lipinski definition) is 5. The Morgan fingerprint density at radius 1 is 1.18 bits per heavy atom. The van der Waals surface area contributed by atoms with Crippen LogP contribution in [0, 0.1) is 26.6 Å². The molecule has 1 amide bonds. The fraction of sp³-hybridized carbons (Fsp3) is 0.208. The Labute approximate surface area is 195 Å². The zero-order chi connectivity index (χ0) is 23.5. The molecule has 2 aromatic heterocycles. The van der Waals surface area contributed by atoms with E-state index in [1.807, 2.05) is 26.0 Å². The van der Waals surface area contributed by atoms with Gasteiger partial charge in [-0.2, -0.15) is 5.10 Å². The zero-order valence-electron chi connectivity index (χ0n) is 18.4. The second kappa shape index (κ2) is 9.46. The first-order valence-electron chi connectivity index (χ1n) is 10.2. The summed E-state index contributed by atoms with van der Waals surface area (Å²) in [5.74, 6) is 0.369. The molecule has 0 aliphatic carbocycles. The predicted molar refractivity (Wildman–Crippen MR) is 122 cm³/mol. The third kappa shape index (κ3) is 5.40. The summed E-state index contributed by atoms with van der Waals surface area (Å²) in [5, 5.41) is 11.2. The maximum absolute atomic E-state index is 13.2. The number of rotatable bonds is 7. The minimum atomic E-state index is -0.440. The van der Waals surface area contributed by atoms with Crippen molar-refractivity contribution >= 4 is 23.2 Å². The van der Waals surface area contributed by atoms with Crippen LogP contribution in [0.15, 0.2) is 53.3 Å². The Morgan fingerprint density at radius 2 is 1.94 bits per heavy atom. The minimum absolute atomic E-state index is 0.142. The number of nitrogens with one attached hydrogen (secondary N) is 1. The van der Waals surface area contributed by atoms with E-state index >= 15 is 0 Å². The Hall–Kier alpha value is -3.65. The Morgan fingerprint density at radius 3 is 2.67 bits per heavy atom. The van der Waals surface area contributed by atoms with Gasteiger partial charge in [0.25, 0.3) is 5.91 Å². The van der Waals surface area contributed by atoms with E-state index in [9.17, 15) is 9.18 Å². The van der Waals surface area contributed by atoms with Crippen molar-refractivity contribution in [3.63, 3.8) is 0 Å². The van der Waals surface area contributed by atoms with Crippen LogP contribution in [0.5, 0.6) is 5.75 Å². The van der Waals surface area contributed by atoms with Gasteiger partial charge in [-0.25, -0.2) is 4.39 Å². The first-order chi connectivity index (χ1) is 15.8. The Bertz CT molecular complexity index is 1290. The lowest BCUT2D eigenvalue weighted by Gasteiger charge is -2.08. The fourth-order valence-corrected chi connectivity index (χ4v) is 3.67. The molecule has 170 valence electrons. The number of amides is 1. The van der Waals surface area contributed by atoms with Crippen LogP contribution < -0.4 is 10.1 Å². The first kappa shape index (κ1) is 22.5. The average molecular weight is 469 g/mol. The number of ether oxygens (including phenoxy) is 1. The van der Waals surface area contributed by atoms with E-state index in [0.717, 1.165) is 11.1 Å². The molecule has 2 heterocycles. The summed E-state index contributed by atoms with van der Waals surface area (Å²) in [6.07, 6.45) is 3.16. The smallest absolute Gasteiger partial charge is 0.278 e. The molecule has 0 unspecified atom stereocenters. The molecule has 0 bridgehead atoms. The lowest BCUT2D eigenvalue weighted by atomic mass is 10.1. The third-order valence-corrected chi connectivity index (χ3v) is 5.37. The van der Waals surface area contributed by atoms with Crippen LogP contribution in [0.1, 0.15) is 38.5 Å². The standard InChI is InChI=1S/C24H22ClFN4O3/c1-14-6-15(2)8-20(7-14)32-13-21-16(3)33-29-23(21)24(31)28-19-10-27-30(12-19)11-17-4-5-18(26)9-22(17)25/h4-10,12H,11,13H2,1-3H3,(H,28,31). The number of nitrogens with zero attached hydrogens (tertiary/aromatic N) is 3. The van der Waals surface area contributed by atoms with Gasteiger partial charge >= 0.3 is 0 Å². The van der Waals surface area contributed by atoms with Crippen LogP contribution in [0.25, 0.3) is 0 Å². The molecule has 0 spiro atoms. The van der Waals surface area contributed by atoms with Crippen molar-refractivity contribution in [1.82, 2.24) is 14.9 Å². The maximum Gasteiger partial charge on any atom is 0.278 e. The van der Waals surface area contributed by atoms with Crippen LogP contribution in [-0.2, 0) is 13.2 Å². The van der Waals surface area contributed by atoms with Crippen LogP contribution in [0.3, 0.4) is 0 Å². The van der Waals surface area contributed by atoms with Gasteiger partial charge in [0.05, 0.1) is 24.0 Å². The van der Waals surface area contributed by atoms with E-state index < -0.39 is 11.7 Å². The van der Waals surface area contributed by atoms with Gasteiger partial charge < -0.3 is 14.6 Å². The fourth-order valence-electron chi connectivity index (χ4n) is 3.44. The van der Waals surface area contributed by atoms with Gasteiger partial charge in [-0.15, -0.1) is 0 Å². The number of carbonyl (C=O) groups excluding carboxylic acids is 1. The number of aryl methyl sites for hydroxylation is 3. The quantitative estimate of drug-likeness (QED) is 0.389. The maximum atomic E-state index is 13.2. The van der Waals surface area contributed by atoms with Gasteiger partial charge in [0, 0.05) is 11.2 Å². The monoisotopic (exact) mass is 468 g/mol. The van der Waals surface area contributed by atoms with Gasteiger partial charge in [-0.05, 0) is 61.7 Å². The molecule has 7 nitrogen and oxygen atoms in total. The van der Waals surface area contributed by atoms with E-state index in [1.165, 1.54) is 18.3 Å². The van der Waals surface area contributed by atoms with Crippen molar-refractivity contribution in [3.8, 4) is 5.75 Å². The molecule has 0 aliphatic heterocycles. The molecule has 0 saturated heterocycles. The predicted octanol–water partition coefficient (Wildman–Crippen LogP) is 5.47. The highest BCUT2D eigenvalue weighted by Gasteiger charge is 2.21. The molecule has 9 heteroatoms. The van der Waals surface area contributed by atoms with Gasteiger partial charge in [0.1, 0.15) is 23.9 Å². The highest BCUT2D eigenvalue weighted by molar-refractivity contribution is 6.31. The summed E-state index contributed by atoms with van der Waals surface area (Å²) in [6.45, 7) is 6.19. The van der Waals surface area contributed by atoms with Crippen molar-refractivity contribution < 1.29 is 18.4 Å². The lowest BCUT2D eigenvalue weighted by molar-refractivity contribution is 0.101. The third-order valence-electron chi connectivity index (χ3n) is 5.02. The number of benzene rings is 2. The molecular weight excluding hydrogens is 447 g/mol. The molecule has 4 aromatic rings. The van der Waals surface area contributed by atoms with E-state index in [2.05, 4.69) is 21.6 Å². The molecule has 4 rings (SSSR count). The SMILES string of the molecule is Cc1cc(C)cc(OCc2c(C(=O)Nc3cnn(Cc4ccc(F)cc4Cl)c3)noc2C)c1. The second-order valence-corrected chi connectivity index (χ2v) is 8.20. The molecule has 0 fully saturated rings. The van der Waals surface area contributed by atoms with Crippen molar-refractivity contribution in [3.05, 3.63) is 93.3 Å². The number of carbonyl (C=O) groups is 1. The number of halogens is 2. The Kier molecular flexibility index (Phi) is 6.46. The number of aromatic nitrogens is 3. The van der Waals surface area contributed by atoms with E-state index in [4.69, 9.17) is 20.9 Å². The molecule has 0 radical (unpaired) electrons. The van der Waals surface area contributed by atoms with E-state index in [0.29, 0.717) is 39.9 Å². The average Bonchev–Trinajstić information content (AvgIpc) is 3.34. The normalized spacial score (nSPS) is 10.9. The van der Waals surface area contributed by atoms with Crippen LogP contribution in [0.2, 0.25) is 5.02 Å². The highest BCUT2D eigenvalue weighted by Crippen LogP contribution is 2.22. The summed E-state index contributed by atoms with van der Waals surface area (Å²) in [5.41, 5.74) is 4.06. The number of hydrogen-bond donors (Lipinski definition) is 1. The first-order valence-corrected chi connectivity index (χ1v) is 10.6. The summed E-state index contributed by atoms with van der Waals surface area (Å²) < 4.78 is 26.0. The topological polar surface area (TPSA) is 82.2 Å². The van der Waals surface area contributed by atoms with E-state index in [-0.39, 0.29) is 12.3 Å². The van der Waals surface area contributed by atoms with Gasteiger partial charge in [-0.1, -0.05) is 28.9 Å². The molecular formula is C24H22ClFN4O3. The summed E-state index contributed by atoms with van der Waals surface area (Å²) in [4.78, 5) is 12.8. The molecule has 0 aliphatic rings. The Balaban J connectivity index is 1.44. The summed E-state index contributed by atoms with van der Waals surface area (Å²) in [6, 6.07) is 10.1. The van der Waals surface area contributed by atoms with E-state index in [1.54, 1.807) is 23.9 Å². The molecule has 33 heavy (non-hydrogen) atoms. The zero-order valence-corrected chi connectivity index (χ0v) is 19.1. The second-order valence-electron chi connectivity index (χ2n) is 7.79. The van der Waals surface area contributed by atoms with Gasteiger partial charge in [0.15, 0.2) is 5.69 Å². The minimum Gasteiger partial charge on any atom is -0.489 e. The van der Waals surface area contributed by atoms with Crippen LogP contribution in [-0.4, -0.2) is 20.8 Å². The van der Waals surface area contributed by atoms with Crippen molar-refractivity contribution in [2.45, 2.75) is 33.9 Å². The van der Waals surface area contributed by atoms with Crippen molar-refractivity contribution in [1.29, 1.82) is 0 Å².